The molecule has 176 valence electrons. The molecular weight excluding hydrogens is 414 g/mol. The van der Waals surface area contributed by atoms with E-state index in [1.54, 1.807) is 4.68 Å². The molecule has 1 aromatic carbocycles. The molecule has 4 bridgehead atoms. The maximum atomic E-state index is 12.7. The molecule has 6 heteroatoms. The van der Waals surface area contributed by atoms with Crippen LogP contribution in [0.25, 0.3) is 11.3 Å². The van der Waals surface area contributed by atoms with Gasteiger partial charge in [-0.2, -0.15) is 5.10 Å². The molecule has 1 amide bonds. The first-order valence-electron chi connectivity index (χ1n) is 12.4. The highest BCUT2D eigenvalue weighted by Crippen LogP contribution is 2.67. The maximum Gasteiger partial charge on any atom is 0.241 e. The number of nitrogens with zero attached hydrogens (tertiary/aromatic N) is 2. The SMILES string of the molecule is Cc1ccc2c(c1)-c1c(cnn1CC(=O)NCCOC13CC4CC(C)(CC(C)(C4)C1)C3)CO2. The third kappa shape index (κ3) is 3.76. The first-order chi connectivity index (χ1) is 15.7. The van der Waals surface area contributed by atoms with Crippen molar-refractivity contribution in [3.8, 4) is 17.0 Å². The van der Waals surface area contributed by atoms with Gasteiger partial charge in [0.15, 0.2) is 0 Å². The van der Waals surface area contributed by atoms with Crippen molar-refractivity contribution in [3.63, 3.8) is 0 Å². The topological polar surface area (TPSA) is 65.4 Å². The van der Waals surface area contributed by atoms with Crippen LogP contribution in [0.1, 0.15) is 63.5 Å². The summed E-state index contributed by atoms with van der Waals surface area (Å²) in [6.45, 7) is 8.80. The lowest BCUT2D eigenvalue weighted by atomic mass is 9.43. The monoisotopic (exact) mass is 449 g/mol. The van der Waals surface area contributed by atoms with Gasteiger partial charge in [-0.1, -0.05) is 25.5 Å². The summed E-state index contributed by atoms with van der Waals surface area (Å²) in [5.74, 6) is 1.63. The number of hydrogen-bond acceptors (Lipinski definition) is 4. The molecule has 4 saturated carbocycles. The Labute approximate surface area is 196 Å². The summed E-state index contributed by atoms with van der Waals surface area (Å²) in [5, 5.41) is 7.54. The van der Waals surface area contributed by atoms with Crippen molar-refractivity contribution in [1.82, 2.24) is 15.1 Å². The van der Waals surface area contributed by atoms with Crippen molar-refractivity contribution < 1.29 is 14.3 Å². The number of benzene rings is 1. The Morgan fingerprint density at radius 1 is 1.21 bits per heavy atom. The average molecular weight is 450 g/mol. The minimum atomic E-state index is -0.0327. The summed E-state index contributed by atoms with van der Waals surface area (Å²) in [7, 11) is 0. The molecule has 4 aliphatic carbocycles. The molecular formula is C27H35N3O3. The van der Waals surface area contributed by atoms with E-state index in [0.29, 0.717) is 30.6 Å². The van der Waals surface area contributed by atoms with Gasteiger partial charge in [0.1, 0.15) is 18.9 Å². The smallest absolute Gasteiger partial charge is 0.241 e. The average Bonchev–Trinajstić information content (AvgIpc) is 3.12. The number of amides is 1. The predicted octanol–water partition coefficient (Wildman–Crippen LogP) is 4.63. The third-order valence-corrected chi connectivity index (χ3v) is 8.39. The molecule has 5 aliphatic rings. The summed E-state index contributed by atoms with van der Waals surface area (Å²) in [4.78, 5) is 12.7. The van der Waals surface area contributed by atoms with Crippen molar-refractivity contribution in [2.24, 2.45) is 16.7 Å². The van der Waals surface area contributed by atoms with Gasteiger partial charge in [-0.25, -0.2) is 0 Å². The van der Waals surface area contributed by atoms with Crippen LogP contribution in [0.4, 0.5) is 0 Å². The van der Waals surface area contributed by atoms with Gasteiger partial charge in [-0.3, -0.25) is 9.48 Å². The van der Waals surface area contributed by atoms with Crippen LogP contribution in [-0.4, -0.2) is 34.4 Å². The number of hydrogen-bond donors (Lipinski definition) is 1. The first kappa shape index (κ1) is 21.2. The number of carbonyl (C=O) groups excluding carboxylic acids is 1. The highest BCUT2D eigenvalue weighted by molar-refractivity contribution is 5.78. The fourth-order valence-electron chi connectivity index (χ4n) is 8.23. The molecule has 2 atom stereocenters. The Morgan fingerprint density at radius 3 is 2.76 bits per heavy atom. The predicted molar refractivity (Wildman–Crippen MR) is 126 cm³/mol. The molecule has 0 saturated heterocycles. The van der Waals surface area contributed by atoms with Crippen molar-refractivity contribution in [2.75, 3.05) is 13.2 Å². The summed E-state index contributed by atoms with van der Waals surface area (Å²) in [6.07, 6.45) is 9.46. The summed E-state index contributed by atoms with van der Waals surface area (Å²) >= 11 is 0. The zero-order valence-corrected chi connectivity index (χ0v) is 20.1. The lowest BCUT2D eigenvalue weighted by Gasteiger charge is -2.65. The van der Waals surface area contributed by atoms with Gasteiger partial charge >= 0.3 is 0 Å². The molecule has 1 aliphatic heterocycles. The van der Waals surface area contributed by atoms with Gasteiger partial charge in [0.05, 0.1) is 24.1 Å². The zero-order chi connectivity index (χ0) is 22.8. The number of rotatable bonds is 6. The normalized spacial score (nSPS) is 33.4. The molecule has 0 spiro atoms. The fourth-order valence-corrected chi connectivity index (χ4v) is 8.23. The first-order valence-corrected chi connectivity index (χ1v) is 12.4. The number of aromatic nitrogens is 2. The van der Waals surface area contributed by atoms with E-state index >= 15 is 0 Å². The molecule has 2 heterocycles. The van der Waals surface area contributed by atoms with Crippen LogP contribution in [0.5, 0.6) is 5.75 Å². The van der Waals surface area contributed by atoms with Gasteiger partial charge in [0, 0.05) is 17.7 Å². The Kier molecular flexibility index (Phi) is 4.71. The van der Waals surface area contributed by atoms with Gasteiger partial charge in [0.2, 0.25) is 5.91 Å². The molecule has 0 radical (unpaired) electrons. The molecule has 7 rings (SSSR count). The van der Waals surface area contributed by atoms with Crippen LogP contribution in [0.15, 0.2) is 24.4 Å². The molecule has 4 fully saturated rings. The Balaban J connectivity index is 1.07. The van der Waals surface area contributed by atoms with Gasteiger partial charge in [0.25, 0.3) is 0 Å². The van der Waals surface area contributed by atoms with Crippen molar-refractivity contribution in [2.45, 2.75) is 78.0 Å². The molecule has 1 N–H and O–H groups in total. The maximum absolute atomic E-state index is 12.7. The summed E-state index contributed by atoms with van der Waals surface area (Å²) in [5.41, 5.74) is 5.08. The van der Waals surface area contributed by atoms with Gasteiger partial charge in [-0.05, 0) is 74.3 Å². The fraction of sp³-hybridized carbons (Fsp3) is 0.630. The van der Waals surface area contributed by atoms with E-state index in [9.17, 15) is 4.79 Å². The van der Waals surface area contributed by atoms with Crippen molar-refractivity contribution in [1.29, 1.82) is 0 Å². The minimum Gasteiger partial charge on any atom is -0.488 e. The van der Waals surface area contributed by atoms with E-state index in [1.165, 1.54) is 38.5 Å². The Hall–Kier alpha value is -2.34. The second-order valence-corrected chi connectivity index (χ2v) is 12.0. The van der Waals surface area contributed by atoms with E-state index in [0.717, 1.165) is 34.1 Å². The van der Waals surface area contributed by atoms with E-state index < -0.39 is 0 Å². The Morgan fingerprint density at radius 2 is 2.00 bits per heavy atom. The van der Waals surface area contributed by atoms with Crippen molar-refractivity contribution in [3.05, 3.63) is 35.5 Å². The van der Waals surface area contributed by atoms with Crippen molar-refractivity contribution >= 4 is 5.91 Å². The molecule has 1 aromatic heterocycles. The second-order valence-electron chi connectivity index (χ2n) is 12.0. The number of nitrogens with one attached hydrogen (secondary N) is 1. The number of fused-ring (bicyclic) bond motifs is 3. The molecule has 2 aromatic rings. The number of ether oxygens (including phenoxy) is 2. The van der Waals surface area contributed by atoms with Gasteiger partial charge < -0.3 is 14.8 Å². The lowest BCUT2D eigenvalue weighted by molar-refractivity contribution is -0.213. The van der Waals surface area contributed by atoms with Crippen LogP contribution in [-0.2, 0) is 22.7 Å². The largest absolute Gasteiger partial charge is 0.488 e. The summed E-state index contributed by atoms with van der Waals surface area (Å²) in [6, 6.07) is 6.14. The molecule has 2 unspecified atom stereocenters. The number of carbonyl (C=O) groups is 1. The van der Waals surface area contributed by atoms with Crippen LogP contribution in [0, 0.1) is 23.7 Å². The molecule has 6 nitrogen and oxygen atoms in total. The quantitative estimate of drug-likeness (QED) is 0.653. The minimum absolute atomic E-state index is 0.0241. The van der Waals surface area contributed by atoms with E-state index in [4.69, 9.17) is 9.47 Å². The highest BCUT2D eigenvalue weighted by atomic mass is 16.5. The van der Waals surface area contributed by atoms with E-state index in [-0.39, 0.29) is 18.1 Å². The van der Waals surface area contributed by atoms with E-state index in [1.807, 2.05) is 18.3 Å². The standard InChI is InChI=1S/C27H35N3O3/c1-18-4-5-22-21(8-18)24-20(14-32-22)12-29-30(24)13-23(31)28-6-7-33-27-11-19-9-25(2,16-27)15-26(3,10-19)17-27/h4-5,8,12,19H,6-7,9-11,13-17H2,1-3H3,(H,28,31). The summed E-state index contributed by atoms with van der Waals surface area (Å²) < 4.78 is 14.2. The molecule has 33 heavy (non-hydrogen) atoms. The van der Waals surface area contributed by atoms with Gasteiger partial charge in [-0.15, -0.1) is 0 Å². The zero-order valence-electron chi connectivity index (χ0n) is 20.1. The Bertz CT molecular complexity index is 1090. The second kappa shape index (κ2) is 7.33. The lowest BCUT2D eigenvalue weighted by Crippen LogP contribution is -2.59. The van der Waals surface area contributed by atoms with Crippen LogP contribution < -0.4 is 10.1 Å². The van der Waals surface area contributed by atoms with Crippen LogP contribution >= 0.6 is 0 Å². The number of aryl methyl sites for hydroxylation is 1. The van der Waals surface area contributed by atoms with Crippen LogP contribution in [0.2, 0.25) is 0 Å². The third-order valence-electron chi connectivity index (χ3n) is 8.39. The van der Waals surface area contributed by atoms with Crippen LogP contribution in [0.3, 0.4) is 0 Å². The highest BCUT2D eigenvalue weighted by Gasteiger charge is 2.60. The van der Waals surface area contributed by atoms with E-state index in [2.05, 4.69) is 37.3 Å².